The molecule has 3 heteroatoms. The van der Waals surface area contributed by atoms with E-state index in [0.717, 1.165) is 5.30 Å². The van der Waals surface area contributed by atoms with Crippen LogP contribution < -0.4 is 10.3 Å². The Morgan fingerprint density at radius 2 is 2.00 bits per heavy atom. The van der Waals surface area contributed by atoms with Crippen LogP contribution in [0.4, 0.5) is 0 Å². The van der Waals surface area contributed by atoms with Crippen LogP contribution in [0.5, 0.6) is 0 Å². The van der Waals surface area contributed by atoms with Gasteiger partial charge in [-0.25, -0.2) is 4.98 Å². The molecule has 1 heterocycles. The lowest BCUT2D eigenvalue weighted by molar-refractivity contribution is -0.377. The molecule has 0 saturated heterocycles. The molecule has 0 aliphatic carbocycles. The Bertz CT molecular complexity index is 175. The largest absolute Gasteiger partial charge is 0.269 e. The van der Waals surface area contributed by atoms with Crippen molar-refractivity contribution in [3.05, 3.63) is 24.5 Å². The highest BCUT2D eigenvalue weighted by Crippen LogP contribution is 1.88. The highest BCUT2D eigenvalue weighted by atomic mass is 31.1. The van der Waals surface area contributed by atoms with Crippen molar-refractivity contribution in [2.45, 2.75) is 0 Å². The fourth-order valence-corrected chi connectivity index (χ4v) is 0.710. The highest BCUT2D eigenvalue weighted by Gasteiger charge is 1.86. The van der Waals surface area contributed by atoms with Crippen LogP contribution in [0, 0.1) is 0 Å². The molecule has 0 radical (unpaired) electrons. The summed E-state index contributed by atoms with van der Waals surface area (Å²) in [5, 5.41) is 0.795. The predicted molar refractivity (Wildman–Crippen MR) is 30.2 cm³/mol. The van der Waals surface area contributed by atoms with Crippen LogP contribution in [-0.2, 0) is 4.57 Å². The number of H-pyrrole nitrogens is 1. The third-order valence-corrected chi connectivity index (χ3v) is 1.32. The second kappa shape index (κ2) is 2.53. The van der Waals surface area contributed by atoms with Crippen LogP contribution in [0.25, 0.3) is 0 Å². The Morgan fingerprint density at radius 1 is 1.38 bits per heavy atom. The van der Waals surface area contributed by atoms with Gasteiger partial charge in [-0.1, -0.05) is 0 Å². The van der Waals surface area contributed by atoms with E-state index in [2.05, 4.69) is 4.98 Å². The molecule has 0 unspecified atom stereocenters. The van der Waals surface area contributed by atoms with E-state index in [9.17, 15) is 4.57 Å². The lowest BCUT2D eigenvalue weighted by atomic mass is 10.5. The molecule has 0 amide bonds. The maximum absolute atomic E-state index is 10.1. The third-order valence-electron chi connectivity index (χ3n) is 0.806. The molecule has 1 N–H and O–H groups in total. The molecule has 0 aliphatic heterocycles. The van der Waals surface area contributed by atoms with Gasteiger partial charge in [0.2, 0.25) is 0 Å². The smallest absolute Gasteiger partial charge is 0.192 e. The van der Waals surface area contributed by atoms with E-state index in [-0.39, 0.29) is 8.46 Å². The summed E-state index contributed by atoms with van der Waals surface area (Å²) in [4.78, 5) is 2.82. The summed E-state index contributed by atoms with van der Waals surface area (Å²) >= 11 is 0. The third kappa shape index (κ3) is 1.11. The fourth-order valence-electron chi connectivity index (χ4n) is 0.439. The minimum atomic E-state index is 0.0794. The number of hydrogen-bond donors (Lipinski definition) is 0. The lowest BCUT2D eigenvalue weighted by Gasteiger charge is -1.75. The van der Waals surface area contributed by atoms with E-state index in [1.165, 1.54) is 0 Å². The zero-order valence-electron chi connectivity index (χ0n) is 4.16. The van der Waals surface area contributed by atoms with Crippen molar-refractivity contribution in [1.29, 1.82) is 0 Å². The number of aromatic amines is 1. The molecule has 8 heavy (non-hydrogen) atoms. The first-order valence-corrected chi connectivity index (χ1v) is 3.04. The van der Waals surface area contributed by atoms with Crippen molar-refractivity contribution in [1.82, 2.24) is 0 Å². The second-order valence-electron chi connectivity index (χ2n) is 1.35. The standard InChI is InChI=1S/C5H4NOP/c7-8-5-1-3-6-4-2-5/h1-4H/p+1. The van der Waals surface area contributed by atoms with Gasteiger partial charge in [-0.15, -0.1) is 0 Å². The summed E-state index contributed by atoms with van der Waals surface area (Å²) in [6, 6.07) is 3.52. The van der Waals surface area contributed by atoms with Gasteiger partial charge in [0.05, 0.1) is 5.30 Å². The zero-order valence-corrected chi connectivity index (χ0v) is 5.06. The monoisotopic (exact) mass is 126 g/mol. The molecule has 0 fully saturated rings. The quantitative estimate of drug-likeness (QED) is 0.501. The normalized spacial score (nSPS) is 9.50. The van der Waals surface area contributed by atoms with Crippen molar-refractivity contribution in [2.24, 2.45) is 0 Å². The van der Waals surface area contributed by atoms with Crippen molar-refractivity contribution in [3.63, 3.8) is 0 Å². The van der Waals surface area contributed by atoms with Gasteiger partial charge in [-0.05, 0) is 0 Å². The van der Waals surface area contributed by atoms with Crippen molar-refractivity contribution < 1.29 is 9.55 Å². The van der Waals surface area contributed by atoms with Gasteiger partial charge in [-0.2, -0.15) is 0 Å². The van der Waals surface area contributed by atoms with Crippen molar-refractivity contribution in [3.8, 4) is 0 Å². The van der Waals surface area contributed by atoms with Crippen LogP contribution in [0.15, 0.2) is 24.5 Å². The second-order valence-corrected chi connectivity index (χ2v) is 2.05. The first-order chi connectivity index (χ1) is 3.93. The molecule has 1 aromatic heterocycles. The summed E-state index contributed by atoms with van der Waals surface area (Å²) in [6.07, 6.45) is 3.47. The maximum Gasteiger partial charge on any atom is 0.192 e. The SMILES string of the molecule is O=Pc1cc[nH+]cc1. The van der Waals surface area contributed by atoms with E-state index in [0.29, 0.717) is 0 Å². The molecule has 0 atom stereocenters. The minimum absolute atomic E-state index is 0.0794. The summed E-state index contributed by atoms with van der Waals surface area (Å²) < 4.78 is 10.1. The van der Waals surface area contributed by atoms with Crippen LogP contribution >= 0.6 is 8.46 Å². The summed E-state index contributed by atoms with van der Waals surface area (Å²) in [7, 11) is 0.0794. The first-order valence-electron chi connectivity index (χ1n) is 2.23. The lowest BCUT2D eigenvalue weighted by Crippen LogP contribution is -2.02. The molecular formula is C5H5NOP+. The number of hydrogen-bond acceptors (Lipinski definition) is 1. The van der Waals surface area contributed by atoms with E-state index in [1.807, 2.05) is 0 Å². The number of nitrogens with one attached hydrogen (secondary N) is 1. The van der Waals surface area contributed by atoms with Gasteiger partial charge in [0.15, 0.2) is 20.9 Å². The van der Waals surface area contributed by atoms with Crippen LogP contribution in [0.3, 0.4) is 0 Å². The Labute approximate surface area is 48.8 Å². The average molecular weight is 126 g/mol. The van der Waals surface area contributed by atoms with Gasteiger partial charge in [0.25, 0.3) is 0 Å². The molecular weight excluding hydrogens is 121 g/mol. The molecule has 0 aliphatic rings. The summed E-state index contributed by atoms with van der Waals surface area (Å²) in [5.74, 6) is 0. The Morgan fingerprint density at radius 3 is 2.38 bits per heavy atom. The van der Waals surface area contributed by atoms with E-state index < -0.39 is 0 Å². The topological polar surface area (TPSA) is 31.2 Å². The van der Waals surface area contributed by atoms with Crippen LogP contribution in [-0.4, -0.2) is 0 Å². The van der Waals surface area contributed by atoms with Gasteiger partial charge < -0.3 is 0 Å². The number of rotatable bonds is 1. The summed E-state index contributed by atoms with van der Waals surface area (Å²) in [5.41, 5.74) is 0. The van der Waals surface area contributed by atoms with Crippen LogP contribution in [0.2, 0.25) is 0 Å². The van der Waals surface area contributed by atoms with Gasteiger partial charge in [0, 0.05) is 12.1 Å². The number of aromatic nitrogens is 1. The minimum Gasteiger partial charge on any atom is -0.269 e. The molecule has 0 bridgehead atoms. The van der Waals surface area contributed by atoms with E-state index in [4.69, 9.17) is 0 Å². The molecule has 1 aromatic rings. The predicted octanol–water partition coefficient (Wildman–Crippen LogP) is 0.418. The molecule has 1 rings (SSSR count). The number of pyridine rings is 1. The molecule has 0 spiro atoms. The average Bonchev–Trinajstić information content (AvgIpc) is 1.90. The molecule has 2 nitrogen and oxygen atoms in total. The fraction of sp³-hybridized carbons (Fsp3) is 0. The summed E-state index contributed by atoms with van der Waals surface area (Å²) in [6.45, 7) is 0. The van der Waals surface area contributed by atoms with E-state index >= 15 is 0 Å². The van der Waals surface area contributed by atoms with Gasteiger partial charge in [-0.3, -0.25) is 4.57 Å². The van der Waals surface area contributed by atoms with E-state index in [1.54, 1.807) is 24.5 Å². The first kappa shape index (κ1) is 5.39. The highest BCUT2D eigenvalue weighted by molar-refractivity contribution is 7.34. The maximum atomic E-state index is 10.1. The Kier molecular flexibility index (Phi) is 1.70. The molecule has 0 aromatic carbocycles. The van der Waals surface area contributed by atoms with Crippen molar-refractivity contribution >= 4 is 13.8 Å². The zero-order chi connectivity index (χ0) is 5.82. The molecule has 40 valence electrons. The van der Waals surface area contributed by atoms with Gasteiger partial charge >= 0.3 is 0 Å². The Balaban J connectivity index is 2.99. The van der Waals surface area contributed by atoms with Crippen molar-refractivity contribution in [2.75, 3.05) is 0 Å². The molecule has 0 saturated carbocycles. The van der Waals surface area contributed by atoms with Gasteiger partial charge in [0.1, 0.15) is 0 Å². The Hall–Kier alpha value is -0.750. The van der Waals surface area contributed by atoms with Crippen LogP contribution in [0.1, 0.15) is 0 Å².